The lowest BCUT2D eigenvalue weighted by atomic mass is 9.86. The van der Waals surface area contributed by atoms with E-state index in [0.717, 1.165) is 0 Å². The zero-order valence-corrected chi connectivity index (χ0v) is 13.8. The Morgan fingerprint density at radius 2 is 1.81 bits per heavy atom. The van der Waals surface area contributed by atoms with Crippen LogP contribution in [0.15, 0.2) is 41.5 Å². The molecule has 4 rings (SSSR count). The number of carbonyl (C=O) groups is 4. The SMILES string of the molecule is CC(=O)Oc1ccc(C(=O)C2C3C(=O)NC(=O)C3C3C=CC=NN32)cc1. The van der Waals surface area contributed by atoms with Crippen LogP contribution in [0.25, 0.3) is 0 Å². The second-order valence-corrected chi connectivity index (χ2v) is 6.35. The second kappa shape index (κ2) is 5.91. The van der Waals surface area contributed by atoms with E-state index in [0.29, 0.717) is 11.3 Å². The lowest BCUT2D eigenvalue weighted by Crippen LogP contribution is -2.44. The lowest BCUT2D eigenvalue weighted by molar-refractivity contribution is -0.132. The third-order valence-corrected chi connectivity index (χ3v) is 4.80. The van der Waals surface area contributed by atoms with Gasteiger partial charge in [-0.3, -0.25) is 29.5 Å². The van der Waals surface area contributed by atoms with E-state index in [1.54, 1.807) is 12.2 Å². The number of allylic oxidation sites excluding steroid dienone is 1. The van der Waals surface area contributed by atoms with Crippen LogP contribution in [0.4, 0.5) is 0 Å². The Morgan fingerprint density at radius 1 is 1.12 bits per heavy atom. The van der Waals surface area contributed by atoms with Gasteiger partial charge in [-0.25, -0.2) is 0 Å². The summed E-state index contributed by atoms with van der Waals surface area (Å²) in [5, 5.41) is 8.08. The summed E-state index contributed by atoms with van der Waals surface area (Å²) in [7, 11) is 0. The van der Waals surface area contributed by atoms with E-state index >= 15 is 0 Å². The minimum absolute atomic E-state index is 0.311. The Morgan fingerprint density at radius 3 is 2.50 bits per heavy atom. The van der Waals surface area contributed by atoms with Crippen LogP contribution in [0.5, 0.6) is 5.75 Å². The summed E-state index contributed by atoms with van der Waals surface area (Å²) in [6.45, 7) is 1.29. The molecule has 0 bridgehead atoms. The molecule has 0 spiro atoms. The minimum Gasteiger partial charge on any atom is -0.427 e. The van der Waals surface area contributed by atoms with Crippen molar-refractivity contribution in [2.45, 2.75) is 19.0 Å². The minimum atomic E-state index is -0.864. The molecule has 0 radical (unpaired) electrons. The standard InChI is InChI=1S/C18H15N3O5/c1-9(22)26-11-6-4-10(5-7-11)16(23)15-14-13(17(24)20-18(14)25)12-3-2-8-19-21(12)15/h2-8,12-15H,1H3,(H,20,24,25). The monoisotopic (exact) mass is 353 g/mol. The number of benzene rings is 1. The van der Waals surface area contributed by atoms with Crippen molar-refractivity contribution in [2.75, 3.05) is 0 Å². The molecule has 1 aromatic carbocycles. The fourth-order valence-corrected chi connectivity index (χ4v) is 3.78. The van der Waals surface area contributed by atoms with Gasteiger partial charge in [-0.2, -0.15) is 5.10 Å². The number of ether oxygens (including phenoxy) is 1. The molecule has 8 heteroatoms. The maximum absolute atomic E-state index is 13.1. The molecule has 4 unspecified atom stereocenters. The number of carbonyl (C=O) groups excluding carboxylic acids is 4. The molecule has 3 aliphatic rings. The Hall–Kier alpha value is -3.29. The van der Waals surface area contributed by atoms with E-state index in [1.165, 1.54) is 42.4 Å². The van der Waals surface area contributed by atoms with Gasteiger partial charge in [0.25, 0.3) is 0 Å². The number of ketones is 1. The van der Waals surface area contributed by atoms with Gasteiger partial charge in [-0.05, 0) is 30.3 Å². The summed E-state index contributed by atoms with van der Waals surface area (Å²) >= 11 is 0. The second-order valence-electron chi connectivity index (χ2n) is 6.35. The van der Waals surface area contributed by atoms with Crippen molar-refractivity contribution in [3.8, 4) is 5.75 Å². The molecule has 2 saturated heterocycles. The highest BCUT2D eigenvalue weighted by molar-refractivity contribution is 6.12. The van der Waals surface area contributed by atoms with Crippen LogP contribution >= 0.6 is 0 Å². The number of hydrazone groups is 1. The molecule has 4 atom stereocenters. The van der Waals surface area contributed by atoms with Crippen molar-refractivity contribution < 1.29 is 23.9 Å². The molecule has 3 heterocycles. The fraction of sp³-hybridized carbons (Fsp3) is 0.278. The van der Waals surface area contributed by atoms with E-state index in [4.69, 9.17) is 4.74 Å². The van der Waals surface area contributed by atoms with Gasteiger partial charge >= 0.3 is 5.97 Å². The van der Waals surface area contributed by atoms with Crippen molar-refractivity contribution in [3.05, 3.63) is 42.0 Å². The molecule has 0 aromatic heterocycles. The van der Waals surface area contributed by atoms with Gasteiger partial charge in [-0.1, -0.05) is 6.08 Å². The van der Waals surface area contributed by atoms with E-state index in [1.807, 2.05) is 0 Å². The average Bonchev–Trinajstić information content (AvgIpc) is 3.10. The molecule has 8 nitrogen and oxygen atoms in total. The zero-order valence-electron chi connectivity index (χ0n) is 13.8. The van der Waals surface area contributed by atoms with Crippen LogP contribution in [0.1, 0.15) is 17.3 Å². The van der Waals surface area contributed by atoms with Crippen molar-refractivity contribution in [3.63, 3.8) is 0 Å². The van der Waals surface area contributed by atoms with E-state index in [9.17, 15) is 19.2 Å². The van der Waals surface area contributed by atoms with Crippen LogP contribution in [-0.2, 0) is 14.4 Å². The Bertz CT molecular complexity index is 873. The van der Waals surface area contributed by atoms with E-state index in [2.05, 4.69) is 10.4 Å². The summed E-state index contributed by atoms with van der Waals surface area (Å²) in [5.41, 5.74) is 0.349. The fourth-order valence-electron chi connectivity index (χ4n) is 3.78. The predicted molar refractivity (Wildman–Crippen MR) is 89.3 cm³/mol. The highest BCUT2D eigenvalue weighted by Gasteiger charge is 2.61. The molecule has 132 valence electrons. The highest BCUT2D eigenvalue weighted by atomic mass is 16.5. The number of esters is 1. The first-order valence-electron chi connectivity index (χ1n) is 8.14. The van der Waals surface area contributed by atoms with Gasteiger partial charge < -0.3 is 4.74 Å². The van der Waals surface area contributed by atoms with Gasteiger partial charge in [0.05, 0.1) is 17.9 Å². The molecule has 0 aliphatic carbocycles. The number of hydrogen-bond donors (Lipinski definition) is 1. The zero-order chi connectivity index (χ0) is 18.4. The normalized spacial score (nSPS) is 28.6. The number of fused-ring (bicyclic) bond motifs is 3. The molecular weight excluding hydrogens is 338 g/mol. The molecule has 2 amide bonds. The predicted octanol–water partition coefficient (Wildman–Crippen LogP) is 0.292. The number of hydrogen-bond acceptors (Lipinski definition) is 7. The van der Waals surface area contributed by atoms with Gasteiger partial charge in [0.1, 0.15) is 11.8 Å². The number of Topliss-reactive ketones (excluding diaryl/α,β-unsaturated/α-hetero) is 1. The Balaban J connectivity index is 1.67. The molecule has 3 aliphatic heterocycles. The van der Waals surface area contributed by atoms with E-state index in [-0.39, 0.29) is 11.7 Å². The van der Waals surface area contributed by atoms with Crippen LogP contribution in [0.2, 0.25) is 0 Å². The topological polar surface area (TPSA) is 105 Å². The first kappa shape index (κ1) is 16.2. The van der Waals surface area contributed by atoms with Crippen molar-refractivity contribution in [2.24, 2.45) is 16.9 Å². The highest BCUT2D eigenvalue weighted by Crippen LogP contribution is 2.42. The third-order valence-electron chi connectivity index (χ3n) is 4.80. The van der Waals surface area contributed by atoms with Crippen molar-refractivity contribution >= 4 is 29.8 Å². The molecule has 0 saturated carbocycles. The molecular formula is C18H15N3O5. The Labute approximate surface area is 148 Å². The van der Waals surface area contributed by atoms with Gasteiger partial charge in [0.15, 0.2) is 5.78 Å². The molecule has 1 aromatic rings. The summed E-state index contributed by atoms with van der Waals surface area (Å²) in [6, 6.07) is 4.79. The van der Waals surface area contributed by atoms with Crippen LogP contribution in [-0.4, -0.2) is 46.9 Å². The number of nitrogens with zero attached hydrogens (tertiary/aromatic N) is 2. The first-order valence-corrected chi connectivity index (χ1v) is 8.14. The summed E-state index contributed by atoms with van der Waals surface area (Å²) in [6.07, 6.45) is 5.01. The first-order chi connectivity index (χ1) is 12.5. The maximum Gasteiger partial charge on any atom is 0.308 e. The molecule has 1 N–H and O–H groups in total. The van der Waals surface area contributed by atoms with Crippen LogP contribution in [0, 0.1) is 11.8 Å². The van der Waals surface area contributed by atoms with Gasteiger partial charge in [0, 0.05) is 18.7 Å². The number of nitrogens with one attached hydrogen (secondary N) is 1. The number of rotatable bonds is 3. The lowest BCUT2D eigenvalue weighted by Gasteiger charge is -2.28. The van der Waals surface area contributed by atoms with E-state index < -0.39 is 35.8 Å². The Kier molecular flexibility index (Phi) is 3.68. The number of imide groups is 1. The average molecular weight is 353 g/mol. The quantitative estimate of drug-likeness (QED) is 0.362. The van der Waals surface area contributed by atoms with Gasteiger partial charge in [-0.15, -0.1) is 0 Å². The summed E-state index contributed by atoms with van der Waals surface area (Å²) in [4.78, 5) is 48.5. The maximum atomic E-state index is 13.1. The third kappa shape index (κ3) is 2.42. The summed E-state index contributed by atoms with van der Waals surface area (Å²) < 4.78 is 4.96. The van der Waals surface area contributed by atoms with Gasteiger partial charge in [0.2, 0.25) is 11.8 Å². The van der Waals surface area contributed by atoms with Crippen molar-refractivity contribution in [1.29, 1.82) is 0 Å². The summed E-state index contributed by atoms with van der Waals surface area (Å²) in [5.74, 6) is -2.69. The van der Waals surface area contributed by atoms with Crippen molar-refractivity contribution in [1.82, 2.24) is 10.3 Å². The van der Waals surface area contributed by atoms with Crippen LogP contribution in [0.3, 0.4) is 0 Å². The smallest absolute Gasteiger partial charge is 0.308 e. The molecule has 26 heavy (non-hydrogen) atoms. The molecule has 2 fully saturated rings. The largest absolute Gasteiger partial charge is 0.427 e. The number of amides is 2. The van der Waals surface area contributed by atoms with Crippen LogP contribution < -0.4 is 10.1 Å².